The average molecular weight is 345 g/mol. The van der Waals surface area contributed by atoms with Gasteiger partial charge in [-0.3, -0.25) is 14.6 Å². The molecule has 1 aliphatic heterocycles. The number of aromatic nitrogens is 1. The number of hydrogen-bond donors (Lipinski definition) is 0. The second kappa shape index (κ2) is 7.38. The van der Waals surface area contributed by atoms with Crippen molar-refractivity contribution in [3.05, 3.63) is 42.2 Å². The molecule has 2 fully saturated rings. The van der Waals surface area contributed by atoms with Crippen LogP contribution in [0.1, 0.15) is 38.4 Å². The molecule has 6 heteroatoms. The van der Waals surface area contributed by atoms with Crippen molar-refractivity contribution in [1.29, 1.82) is 0 Å². The molecule has 0 radical (unpaired) electrons. The van der Waals surface area contributed by atoms with Crippen LogP contribution in [0.25, 0.3) is 0 Å². The van der Waals surface area contributed by atoms with Gasteiger partial charge in [0.1, 0.15) is 6.04 Å². The SMILES string of the molecule is C/C=C/C(=O)N1CSC[C@@H]1C(=O)N(C1CC1)[C@H](C)c1ccccn1. The summed E-state index contributed by atoms with van der Waals surface area (Å²) < 4.78 is 0. The summed E-state index contributed by atoms with van der Waals surface area (Å²) in [6.07, 6.45) is 7.09. The summed E-state index contributed by atoms with van der Waals surface area (Å²) in [5, 5.41) is 0. The van der Waals surface area contributed by atoms with E-state index in [0.29, 0.717) is 11.6 Å². The standard InChI is InChI=1S/C18H23N3O2S/c1-3-6-17(22)20-12-24-11-16(20)18(23)21(14-8-9-14)13(2)15-7-4-5-10-19-15/h3-7,10,13-14,16H,8-9,11-12H2,1-2H3/b6-3+/t13-,16-/m1/s1. The summed E-state index contributed by atoms with van der Waals surface area (Å²) in [4.78, 5) is 33.5. The largest absolute Gasteiger partial charge is 0.330 e. The molecule has 128 valence electrons. The Kier molecular flexibility index (Phi) is 5.23. The minimum absolute atomic E-state index is 0.0542. The summed E-state index contributed by atoms with van der Waals surface area (Å²) in [5.41, 5.74) is 0.898. The van der Waals surface area contributed by atoms with Crippen molar-refractivity contribution in [2.45, 2.75) is 44.8 Å². The van der Waals surface area contributed by atoms with E-state index in [2.05, 4.69) is 4.98 Å². The van der Waals surface area contributed by atoms with Gasteiger partial charge in [-0.2, -0.15) is 0 Å². The monoisotopic (exact) mass is 345 g/mol. The molecule has 3 rings (SSSR count). The van der Waals surface area contributed by atoms with Crippen molar-refractivity contribution in [1.82, 2.24) is 14.8 Å². The van der Waals surface area contributed by atoms with Gasteiger partial charge in [0, 0.05) is 18.0 Å². The maximum Gasteiger partial charge on any atom is 0.247 e. The van der Waals surface area contributed by atoms with Crippen LogP contribution in [0.4, 0.5) is 0 Å². The van der Waals surface area contributed by atoms with Crippen molar-refractivity contribution in [3.8, 4) is 0 Å². The molecule has 1 saturated heterocycles. The van der Waals surface area contributed by atoms with E-state index in [1.807, 2.05) is 36.9 Å². The minimum atomic E-state index is -0.370. The summed E-state index contributed by atoms with van der Waals surface area (Å²) in [6, 6.07) is 5.62. The molecule has 1 saturated carbocycles. The topological polar surface area (TPSA) is 53.5 Å². The lowest BCUT2D eigenvalue weighted by atomic mass is 10.1. The summed E-state index contributed by atoms with van der Waals surface area (Å²) in [5.74, 6) is 1.22. The molecule has 5 nitrogen and oxygen atoms in total. The predicted molar refractivity (Wildman–Crippen MR) is 95.3 cm³/mol. The molecule has 2 amide bonds. The van der Waals surface area contributed by atoms with Gasteiger partial charge in [-0.25, -0.2) is 0 Å². The van der Waals surface area contributed by atoms with Crippen LogP contribution in [-0.2, 0) is 9.59 Å². The Hall–Kier alpha value is -1.82. The van der Waals surface area contributed by atoms with E-state index in [1.165, 1.54) is 6.08 Å². The molecule has 2 aliphatic rings. The lowest BCUT2D eigenvalue weighted by molar-refractivity contribution is -0.143. The first kappa shape index (κ1) is 17.0. The maximum atomic E-state index is 13.2. The fourth-order valence-corrected chi connectivity index (χ4v) is 4.24. The highest BCUT2D eigenvalue weighted by Gasteiger charge is 2.43. The van der Waals surface area contributed by atoms with E-state index in [1.54, 1.807) is 28.9 Å². The smallest absolute Gasteiger partial charge is 0.247 e. The van der Waals surface area contributed by atoms with E-state index >= 15 is 0 Å². The maximum absolute atomic E-state index is 13.2. The molecular formula is C18H23N3O2S. The van der Waals surface area contributed by atoms with Gasteiger partial charge in [-0.05, 0) is 44.9 Å². The zero-order valence-corrected chi connectivity index (χ0v) is 14.9. The number of amides is 2. The van der Waals surface area contributed by atoms with Crippen molar-refractivity contribution < 1.29 is 9.59 Å². The Morgan fingerprint density at radius 2 is 2.21 bits per heavy atom. The fraction of sp³-hybridized carbons (Fsp3) is 0.500. The first-order chi connectivity index (χ1) is 11.6. The zero-order chi connectivity index (χ0) is 17.1. The third-order valence-electron chi connectivity index (χ3n) is 4.49. The van der Waals surface area contributed by atoms with E-state index in [9.17, 15) is 9.59 Å². The van der Waals surface area contributed by atoms with Gasteiger partial charge >= 0.3 is 0 Å². The number of rotatable bonds is 5. The van der Waals surface area contributed by atoms with Crippen LogP contribution in [-0.4, -0.2) is 50.3 Å². The number of allylic oxidation sites excluding steroid dienone is 1. The number of thioether (sulfide) groups is 1. The highest BCUT2D eigenvalue weighted by atomic mass is 32.2. The first-order valence-corrected chi connectivity index (χ1v) is 9.53. The summed E-state index contributed by atoms with van der Waals surface area (Å²) >= 11 is 1.64. The molecule has 2 atom stereocenters. The molecule has 0 N–H and O–H groups in total. The number of carbonyl (C=O) groups excluding carboxylic acids is 2. The number of carbonyl (C=O) groups is 2. The highest BCUT2D eigenvalue weighted by molar-refractivity contribution is 7.99. The lowest BCUT2D eigenvalue weighted by Gasteiger charge is -2.33. The molecule has 0 bridgehead atoms. The molecule has 0 spiro atoms. The van der Waals surface area contributed by atoms with Crippen LogP contribution in [0, 0.1) is 0 Å². The quantitative estimate of drug-likeness (QED) is 0.770. The van der Waals surface area contributed by atoms with Gasteiger partial charge in [0.15, 0.2) is 0 Å². The van der Waals surface area contributed by atoms with Crippen LogP contribution < -0.4 is 0 Å². The van der Waals surface area contributed by atoms with E-state index < -0.39 is 0 Å². The van der Waals surface area contributed by atoms with E-state index in [-0.39, 0.29) is 29.9 Å². The van der Waals surface area contributed by atoms with Crippen molar-refractivity contribution in [2.75, 3.05) is 11.6 Å². The normalized spacial score (nSPS) is 21.9. The van der Waals surface area contributed by atoms with Crippen LogP contribution in [0.15, 0.2) is 36.5 Å². The van der Waals surface area contributed by atoms with Crippen molar-refractivity contribution in [3.63, 3.8) is 0 Å². The van der Waals surface area contributed by atoms with E-state index in [0.717, 1.165) is 18.5 Å². The second-order valence-corrected chi connectivity index (χ2v) is 7.23. The summed E-state index contributed by atoms with van der Waals surface area (Å²) in [7, 11) is 0. The summed E-state index contributed by atoms with van der Waals surface area (Å²) in [6.45, 7) is 3.84. The van der Waals surface area contributed by atoms with Crippen LogP contribution >= 0.6 is 11.8 Å². The Morgan fingerprint density at radius 1 is 1.42 bits per heavy atom. The molecule has 1 aliphatic carbocycles. The van der Waals surface area contributed by atoms with Crippen LogP contribution in [0.5, 0.6) is 0 Å². The van der Waals surface area contributed by atoms with Crippen molar-refractivity contribution in [2.24, 2.45) is 0 Å². The molecule has 1 aromatic heterocycles. The number of nitrogens with zero attached hydrogens (tertiary/aromatic N) is 3. The Bertz CT molecular complexity index is 630. The Labute approximate surface area is 147 Å². The number of hydrogen-bond acceptors (Lipinski definition) is 4. The van der Waals surface area contributed by atoms with E-state index in [4.69, 9.17) is 0 Å². The fourth-order valence-electron chi connectivity index (χ4n) is 3.08. The van der Waals surface area contributed by atoms with Gasteiger partial charge < -0.3 is 9.80 Å². The predicted octanol–water partition coefficient (Wildman–Crippen LogP) is 2.61. The molecule has 0 aromatic carbocycles. The van der Waals surface area contributed by atoms with Crippen LogP contribution in [0.3, 0.4) is 0 Å². The van der Waals surface area contributed by atoms with Gasteiger partial charge in [-0.15, -0.1) is 11.8 Å². The lowest BCUT2D eigenvalue weighted by Crippen LogP contribution is -2.50. The molecular weight excluding hydrogens is 322 g/mol. The molecule has 1 aromatic rings. The van der Waals surface area contributed by atoms with Crippen LogP contribution in [0.2, 0.25) is 0 Å². The van der Waals surface area contributed by atoms with Gasteiger partial charge in [0.05, 0.1) is 17.6 Å². The highest BCUT2D eigenvalue weighted by Crippen LogP contribution is 2.36. The minimum Gasteiger partial charge on any atom is -0.330 e. The zero-order valence-electron chi connectivity index (χ0n) is 14.1. The molecule has 24 heavy (non-hydrogen) atoms. The van der Waals surface area contributed by atoms with Crippen molar-refractivity contribution >= 4 is 23.6 Å². The second-order valence-electron chi connectivity index (χ2n) is 6.23. The molecule has 0 unspecified atom stereocenters. The van der Waals surface area contributed by atoms with Gasteiger partial charge in [0.2, 0.25) is 11.8 Å². The average Bonchev–Trinajstić information content (AvgIpc) is 3.30. The van der Waals surface area contributed by atoms with Gasteiger partial charge in [0.25, 0.3) is 0 Å². The first-order valence-electron chi connectivity index (χ1n) is 8.37. The van der Waals surface area contributed by atoms with Gasteiger partial charge in [-0.1, -0.05) is 12.1 Å². The Balaban J connectivity index is 1.81. The number of pyridine rings is 1. The molecule has 2 heterocycles. The Morgan fingerprint density at radius 3 is 2.83 bits per heavy atom. The third-order valence-corrected chi connectivity index (χ3v) is 5.50. The third kappa shape index (κ3) is 3.48.